The van der Waals surface area contributed by atoms with Gasteiger partial charge in [-0.1, -0.05) is 0 Å². The van der Waals surface area contributed by atoms with Gasteiger partial charge in [-0.25, -0.2) is 0 Å². The van der Waals surface area contributed by atoms with Crippen LogP contribution < -0.4 is 5.32 Å². The molecule has 6 nitrogen and oxygen atoms in total. The minimum absolute atomic E-state index is 0.000386. The molecule has 2 unspecified atom stereocenters. The second-order valence-corrected chi connectivity index (χ2v) is 5.02. The van der Waals surface area contributed by atoms with Crippen LogP contribution in [0, 0.1) is 0 Å². The van der Waals surface area contributed by atoms with Crippen molar-refractivity contribution < 1.29 is 24.3 Å². The Morgan fingerprint density at radius 1 is 1.46 bits per heavy atom. The molecule has 0 bridgehead atoms. The smallest absolute Gasteiger partial charge is 0.328 e. The monoisotopic (exact) mass is 209 g/mol. The van der Waals surface area contributed by atoms with E-state index in [2.05, 4.69) is 5.32 Å². The maximum atomic E-state index is 10.8. The first-order chi connectivity index (χ1) is 5.91. The molecule has 1 aliphatic rings. The van der Waals surface area contributed by atoms with Gasteiger partial charge in [0.15, 0.2) is 0 Å². The highest BCUT2D eigenvalue weighted by Crippen LogP contribution is 2.45. The van der Waals surface area contributed by atoms with E-state index in [9.17, 15) is 9.36 Å². The molecule has 0 radical (unpaired) electrons. The Morgan fingerprint density at radius 2 is 2.08 bits per heavy atom. The fourth-order valence-corrected chi connectivity index (χ4v) is 2.34. The Balaban J connectivity index is 2.62. The van der Waals surface area contributed by atoms with Crippen molar-refractivity contribution in [2.75, 3.05) is 6.54 Å². The van der Waals surface area contributed by atoms with Gasteiger partial charge >= 0.3 is 13.6 Å². The van der Waals surface area contributed by atoms with Crippen molar-refractivity contribution >= 4 is 13.6 Å². The molecule has 1 aliphatic heterocycles. The van der Waals surface area contributed by atoms with E-state index in [1.54, 1.807) is 0 Å². The summed E-state index contributed by atoms with van der Waals surface area (Å²) in [5.41, 5.74) is -0.810. The summed E-state index contributed by atoms with van der Waals surface area (Å²) in [4.78, 5) is 28.2. The summed E-state index contributed by atoms with van der Waals surface area (Å²) in [7, 11) is -4.12. The molecule has 1 rings (SSSR count). The normalized spacial score (nSPS) is 30.0. The van der Waals surface area contributed by atoms with E-state index in [1.165, 1.54) is 0 Å². The molecule has 0 aliphatic carbocycles. The van der Waals surface area contributed by atoms with Crippen molar-refractivity contribution in [2.45, 2.75) is 24.5 Å². The average Bonchev–Trinajstić information content (AvgIpc) is 2.03. The van der Waals surface area contributed by atoms with Crippen LogP contribution in [-0.4, -0.2) is 39.1 Å². The summed E-state index contributed by atoms with van der Waals surface area (Å²) in [5.74, 6) is -1.06. The molecular weight excluding hydrogens is 197 g/mol. The van der Waals surface area contributed by atoms with Crippen molar-refractivity contribution in [3.8, 4) is 0 Å². The van der Waals surface area contributed by atoms with Crippen LogP contribution >= 0.6 is 7.60 Å². The van der Waals surface area contributed by atoms with E-state index in [-0.39, 0.29) is 6.42 Å². The van der Waals surface area contributed by atoms with Gasteiger partial charge in [-0.2, -0.15) is 0 Å². The molecule has 7 heteroatoms. The molecule has 13 heavy (non-hydrogen) atoms. The Labute approximate surface area is 75.1 Å². The lowest BCUT2D eigenvalue weighted by molar-refractivity contribution is -0.140. The van der Waals surface area contributed by atoms with Gasteiger partial charge < -0.3 is 20.2 Å². The van der Waals surface area contributed by atoms with Crippen LogP contribution in [0.3, 0.4) is 0 Å². The molecule has 4 N–H and O–H groups in total. The molecule has 76 valence electrons. The summed E-state index contributed by atoms with van der Waals surface area (Å²) in [6.07, 6.45) is 0.327. The van der Waals surface area contributed by atoms with Crippen LogP contribution in [0.4, 0.5) is 0 Å². The molecule has 0 aromatic rings. The van der Waals surface area contributed by atoms with Gasteiger partial charge in [0.2, 0.25) is 0 Å². The Morgan fingerprint density at radius 3 is 2.54 bits per heavy atom. The van der Waals surface area contributed by atoms with Crippen LogP contribution in [0.2, 0.25) is 0 Å². The van der Waals surface area contributed by atoms with Gasteiger partial charge in [-0.3, -0.25) is 9.36 Å². The summed E-state index contributed by atoms with van der Waals surface area (Å²) in [6.45, 7) is 0.340. The first kappa shape index (κ1) is 10.7. The number of carboxylic acid groups (broad SMARTS) is 1. The number of piperidine rings is 1. The fourth-order valence-electron chi connectivity index (χ4n) is 1.39. The Kier molecular flexibility index (Phi) is 3.08. The molecule has 0 aromatic carbocycles. The number of carbonyl (C=O) groups is 1. The zero-order chi connectivity index (χ0) is 10.1. The maximum Gasteiger partial charge on any atom is 0.328 e. The minimum atomic E-state index is -4.12. The number of carboxylic acids is 1. The lowest BCUT2D eigenvalue weighted by Crippen LogP contribution is -2.45. The Hall–Kier alpha value is -0.420. The van der Waals surface area contributed by atoms with E-state index < -0.39 is 25.3 Å². The van der Waals surface area contributed by atoms with E-state index in [1.807, 2.05) is 0 Å². The molecule has 0 saturated carbocycles. The fraction of sp³-hybridized carbons (Fsp3) is 0.833. The predicted octanol–water partition coefficient (Wildman–Crippen LogP) is -0.631. The van der Waals surface area contributed by atoms with Gasteiger partial charge in [0, 0.05) is 0 Å². The first-order valence-corrected chi connectivity index (χ1v) is 5.61. The summed E-state index contributed by atoms with van der Waals surface area (Å²) in [5, 5.41) is 11.3. The quantitative estimate of drug-likeness (QED) is 0.451. The molecule has 1 saturated heterocycles. The van der Waals surface area contributed by atoms with Crippen LogP contribution in [0.5, 0.6) is 0 Å². The van der Waals surface area contributed by atoms with Gasteiger partial charge in [-0.15, -0.1) is 0 Å². The highest BCUT2D eigenvalue weighted by Gasteiger charge is 2.36. The number of nitrogens with one attached hydrogen (secondary N) is 1. The van der Waals surface area contributed by atoms with Crippen LogP contribution in [0.1, 0.15) is 12.8 Å². The van der Waals surface area contributed by atoms with E-state index in [0.717, 1.165) is 0 Å². The number of aliphatic carboxylic acids is 1. The zero-order valence-corrected chi connectivity index (χ0v) is 7.78. The van der Waals surface area contributed by atoms with Crippen LogP contribution in [0.25, 0.3) is 0 Å². The minimum Gasteiger partial charge on any atom is -0.480 e. The first-order valence-electron chi connectivity index (χ1n) is 3.92. The highest BCUT2D eigenvalue weighted by atomic mass is 31.2. The summed E-state index contributed by atoms with van der Waals surface area (Å²) in [6, 6.07) is -0.827. The van der Waals surface area contributed by atoms with Gasteiger partial charge in [-0.05, 0) is 19.4 Å². The lowest BCUT2D eigenvalue weighted by Gasteiger charge is -2.27. The molecular formula is C6H12NO5P. The highest BCUT2D eigenvalue weighted by molar-refractivity contribution is 7.52. The van der Waals surface area contributed by atoms with Crippen molar-refractivity contribution in [3.63, 3.8) is 0 Å². The molecule has 0 amide bonds. The maximum absolute atomic E-state index is 10.8. The molecule has 1 fully saturated rings. The van der Waals surface area contributed by atoms with Crippen LogP contribution in [-0.2, 0) is 9.36 Å². The van der Waals surface area contributed by atoms with Crippen molar-refractivity contribution in [1.82, 2.24) is 5.32 Å². The molecule has 1 heterocycles. The van der Waals surface area contributed by atoms with Crippen molar-refractivity contribution in [1.29, 1.82) is 0 Å². The number of rotatable bonds is 2. The van der Waals surface area contributed by atoms with Gasteiger partial charge in [0.25, 0.3) is 0 Å². The number of hydrogen-bond acceptors (Lipinski definition) is 3. The average molecular weight is 209 g/mol. The van der Waals surface area contributed by atoms with Crippen molar-refractivity contribution in [3.05, 3.63) is 0 Å². The second-order valence-electron chi connectivity index (χ2n) is 3.11. The van der Waals surface area contributed by atoms with Gasteiger partial charge in [0.05, 0.1) is 5.66 Å². The summed E-state index contributed by atoms with van der Waals surface area (Å²) < 4.78 is 10.8. The van der Waals surface area contributed by atoms with Gasteiger partial charge in [0.1, 0.15) is 6.04 Å². The van der Waals surface area contributed by atoms with E-state index >= 15 is 0 Å². The Bertz CT molecular complexity index is 249. The standard InChI is InChI=1S/C6H12NO5P/c8-6(9)5-3-4(1-2-7-5)13(10,11)12/h4-5,7H,1-3H2,(H,8,9)(H2,10,11,12). The third-order valence-electron chi connectivity index (χ3n) is 2.15. The molecule has 2 atom stereocenters. The van der Waals surface area contributed by atoms with E-state index in [4.69, 9.17) is 14.9 Å². The lowest BCUT2D eigenvalue weighted by atomic mass is 10.0. The summed E-state index contributed by atoms with van der Waals surface area (Å²) >= 11 is 0. The predicted molar refractivity (Wildman–Crippen MR) is 44.5 cm³/mol. The third kappa shape index (κ3) is 2.77. The van der Waals surface area contributed by atoms with Crippen molar-refractivity contribution in [2.24, 2.45) is 0 Å². The number of hydrogen-bond donors (Lipinski definition) is 4. The second kappa shape index (κ2) is 3.75. The molecule has 0 aromatic heterocycles. The van der Waals surface area contributed by atoms with Crippen LogP contribution in [0.15, 0.2) is 0 Å². The zero-order valence-electron chi connectivity index (χ0n) is 6.88. The largest absolute Gasteiger partial charge is 0.480 e. The topological polar surface area (TPSA) is 107 Å². The molecule has 0 spiro atoms. The third-order valence-corrected chi connectivity index (χ3v) is 3.57. The SMILES string of the molecule is O=C(O)C1CC(P(=O)(O)O)CCN1. The van der Waals surface area contributed by atoms with E-state index in [0.29, 0.717) is 13.0 Å².